The third-order valence-electron chi connectivity index (χ3n) is 4.11. The van der Waals surface area contributed by atoms with E-state index in [1.807, 2.05) is 19.1 Å². The summed E-state index contributed by atoms with van der Waals surface area (Å²) < 4.78 is 40.8. The summed E-state index contributed by atoms with van der Waals surface area (Å²) in [5.41, 5.74) is 0.754. The van der Waals surface area contributed by atoms with Crippen molar-refractivity contribution in [1.29, 1.82) is 0 Å². The average molecular weight is 348 g/mol. The zero-order chi connectivity index (χ0) is 18.1. The van der Waals surface area contributed by atoms with Crippen molar-refractivity contribution >= 4 is 17.5 Å². The summed E-state index contributed by atoms with van der Waals surface area (Å²) in [7, 11) is 0. The molecule has 1 saturated heterocycles. The Labute approximate surface area is 142 Å². The maximum Gasteiger partial charge on any atom is 0.260 e. The zero-order valence-corrected chi connectivity index (χ0v) is 13.4. The molecule has 0 bridgehead atoms. The molecule has 0 aliphatic carbocycles. The Balaban J connectivity index is 1.79. The highest BCUT2D eigenvalue weighted by Gasteiger charge is 2.32. The van der Waals surface area contributed by atoms with Gasteiger partial charge in [0.2, 0.25) is 5.91 Å². The Morgan fingerprint density at radius 2 is 1.60 bits per heavy atom. The van der Waals surface area contributed by atoms with E-state index in [1.165, 1.54) is 4.90 Å². The number of carbonyl (C=O) groups excluding carboxylic acids is 2. The molecule has 130 valence electrons. The van der Waals surface area contributed by atoms with Crippen LogP contribution in [-0.4, -0.2) is 36.3 Å². The van der Waals surface area contributed by atoms with Crippen LogP contribution in [0.5, 0.6) is 0 Å². The fourth-order valence-corrected chi connectivity index (χ4v) is 2.73. The van der Waals surface area contributed by atoms with Crippen molar-refractivity contribution in [3.63, 3.8) is 0 Å². The number of amides is 2. The van der Waals surface area contributed by atoms with E-state index < -0.39 is 28.9 Å². The quantitative estimate of drug-likeness (QED) is 0.783. The molecule has 7 heteroatoms. The maximum atomic E-state index is 13.8. The minimum Gasteiger partial charge on any atom is -0.327 e. The van der Waals surface area contributed by atoms with E-state index in [0.717, 1.165) is 10.5 Å². The largest absolute Gasteiger partial charge is 0.327 e. The highest BCUT2D eigenvalue weighted by Crippen LogP contribution is 2.21. The number of hydrogen-bond acceptors (Lipinski definition) is 2. The molecule has 0 saturated carbocycles. The Hall–Kier alpha value is -2.83. The predicted molar refractivity (Wildman–Crippen MR) is 85.8 cm³/mol. The summed E-state index contributed by atoms with van der Waals surface area (Å²) in [6.07, 6.45) is 0. The van der Waals surface area contributed by atoms with Crippen molar-refractivity contribution in [1.82, 2.24) is 4.90 Å². The standard InChI is InChI=1S/C18H15F3N2O2/c1-11-2-4-12(5-3-11)23-9-8-22(10-15(23)24)18(25)16-13(19)6-7-14(20)17(16)21/h2-7H,8-10H2,1H3. The first kappa shape index (κ1) is 17.0. The fourth-order valence-electron chi connectivity index (χ4n) is 2.73. The van der Waals surface area contributed by atoms with Crippen LogP contribution in [0.25, 0.3) is 0 Å². The average Bonchev–Trinajstić information content (AvgIpc) is 2.59. The first-order valence-electron chi connectivity index (χ1n) is 7.68. The third kappa shape index (κ3) is 3.22. The molecule has 0 unspecified atom stereocenters. The molecule has 0 N–H and O–H groups in total. The smallest absolute Gasteiger partial charge is 0.260 e. The molecule has 1 aliphatic heterocycles. The van der Waals surface area contributed by atoms with Gasteiger partial charge in [-0.2, -0.15) is 0 Å². The number of halogens is 3. The summed E-state index contributed by atoms with van der Waals surface area (Å²) in [5, 5.41) is 0. The molecule has 0 aromatic heterocycles. The van der Waals surface area contributed by atoms with Crippen LogP contribution in [0.15, 0.2) is 36.4 Å². The van der Waals surface area contributed by atoms with E-state index in [2.05, 4.69) is 0 Å². The molecule has 0 radical (unpaired) electrons. The van der Waals surface area contributed by atoms with Crippen LogP contribution in [0, 0.1) is 24.4 Å². The third-order valence-corrected chi connectivity index (χ3v) is 4.11. The minimum atomic E-state index is -1.54. The van der Waals surface area contributed by atoms with Crippen molar-refractivity contribution in [2.75, 3.05) is 24.5 Å². The van der Waals surface area contributed by atoms with Crippen LogP contribution in [0.2, 0.25) is 0 Å². The fraction of sp³-hybridized carbons (Fsp3) is 0.222. The van der Waals surface area contributed by atoms with Gasteiger partial charge in [-0.15, -0.1) is 0 Å². The molecular formula is C18H15F3N2O2. The van der Waals surface area contributed by atoms with E-state index in [-0.39, 0.29) is 25.5 Å². The first-order valence-corrected chi connectivity index (χ1v) is 7.68. The monoisotopic (exact) mass is 348 g/mol. The van der Waals surface area contributed by atoms with E-state index in [0.29, 0.717) is 17.8 Å². The van der Waals surface area contributed by atoms with Crippen molar-refractivity contribution in [3.8, 4) is 0 Å². The van der Waals surface area contributed by atoms with Gasteiger partial charge in [0, 0.05) is 18.8 Å². The van der Waals surface area contributed by atoms with Gasteiger partial charge < -0.3 is 9.80 Å². The zero-order valence-electron chi connectivity index (χ0n) is 13.4. The maximum absolute atomic E-state index is 13.8. The lowest BCUT2D eigenvalue weighted by atomic mass is 10.1. The molecule has 2 amide bonds. The predicted octanol–water partition coefficient (Wildman–Crippen LogP) is 2.90. The molecule has 0 atom stereocenters. The Bertz CT molecular complexity index is 837. The van der Waals surface area contributed by atoms with Gasteiger partial charge >= 0.3 is 0 Å². The van der Waals surface area contributed by atoms with Gasteiger partial charge in [-0.25, -0.2) is 13.2 Å². The molecule has 2 aromatic carbocycles. The number of nitrogens with zero attached hydrogens (tertiary/aromatic N) is 2. The molecule has 1 heterocycles. The molecule has 1 aliphatic rings. The number of anilines is 1. The van der Waals surface area contributed by atoms with E-state index >= 15 is 0 Å². The minimum absolute atomic E-state index is 0.0911. The van der Waals surface area contributed by atoms with Crippen LogP contribution < -0.4 is 4.90 Å². The Morgan fingerprint density at radius 1 is 0.960 bits per heavy atom. The highest BCUT2D eigenvalue weighted by atomic mass is 19.2. The summed E-state index contributed by atoms with van der Waals surface area (Å²) in [4.78, 5) is 27.2. The van der Waals surface area contributed by atoms with Gasteiger partial charge in [-0.3, -0.25) is 9.59 Å². The highest BCUT2D eigenvalue weighted by molar-refractivity contribution is 6.01. The van der Waals surface area contributed by atoms with E-state index in [4.69, 9.17) is 0 Å². The molecule has 4 nitrogen and oxygen atoms in total. The van der Waals surface area contributed by atoms with Gasteiger partial charge in [0.25, 0.3) is 5.91 Å². The van der Waals surface area contributed by atoms with Gasteiger partial charge in [-0.05, 0) is 31.2 Å². The SMILES string of the molecule is Cc1ccc(N2CCN(C(=O)c3c(F)ccc(F)c3F)CC2=O)cc1. The van der Waals surface area contributed by atoms with Crippen molar-refractivity contribution < 1.29 is 22.8 Å². The Kier molecular flexibility index (Phi) is 4.48. The van der Waals surface area contributed by atoms with Crippen LogP contribution >= 0.6 is 0 Å². The summed E-state index contributed by atoms with van der Waals surface area (Å²) in [6.45, 7) is 1.87. The molecular weight excluding hydrogens is 333 g/mol. The normalized spacial score (nSPS) is 14.8. The van der Waals surface area contributed by atoms with Crippen molar-refractivity contribution in [2.45, 2.75) is 6.92 Å². The van der Waals surface area contributed by atoms with Crippen LogP contribution in [0.3, 0.4) is 0 Å². The van der Waals surface area contributed by atoms with Gasteiger partial charge in [0.15, 0.2) is 11.6 Å². The number of carbonyl (C=O) groups is 2. The van der Waals surface area contributed by atoms with Crippen molar-refractivity contribution in [2.24, 2.45) is 0 Å². The number of benzene rings is 2. The van der Waals surface area contributed by atoms with Crippen molar-refractivity contribution in [3.05, 3.63) is 65.0 Å². The van der Waals surface area contributed by atoms with Gasteiger partial charge in [0.1, 0.15) is 17.9 Å². The topological polar surface area (TPSA) is 40.6 Å². The molecule has 2 aromatic rings. The van der Waals surface area contributed by atoms with Crippen LogP contribution in [-0.2, 0) is 4.79 Å². The van der Waals surface area contributed by atoms with Crippen LogP contribution in [0.1, 0.15) is 15.9 Å². The number of rotatable bonds is 2. The molecule has 1 fully saturated rings. The second kappa shape index (κ2) is 6.58. The van der Waals surface area contributed by atoms with Gasteiger partial charge in [0.05, 0.1) is 0 Å². The number of aryl methyl sites for hydroxylation is 1. The molecule has 25 heavy (non-hydrogen) atoms. The summed E-state index contributed by atoms with van der Waals surface area (Å²) in [5.74, 6) is -5.42. The number of hydrogen-bond donors (Lipinski definition) is 0. The Morgan fingerprint density at radius 3 is 2.24 bits per heavy atom. The number of piperazine rings is 1. The summed E-state index contributed by atoms with van der Waals surface area (Å²) in [6, 6.07) is 8.60. The lowest BCUT2D eigenvalue weighted by molar-refractivity contribution is -0.120. The first-order chi connectivity index (χ1) is 11.9. The summed E-state index contributed by atoms with van der Waals surface area (Å²) >= 11 is 0. The molecule has 0 spiro atoms. The van der Waals surface area contributed by atoms with E-state index in [9.17, 15) is 22.8 Å². The van der Waals surface area contributed by atoms with E-state index in [1.54, 1.807) is 12.1 Å². The van der Waals surface area contributed by atoms with Crippen LogP contribution in [0.4, 0.5) is 18.9 Å². The second-order valence-corrected chi connectivity index (χ2v) is 5.83. The molecule has 3 rings (SSSR count). The lowest BCUT2D eigenvalue weighted by Gasteiger charge is -2.34. The lowest BCUT2D eigenvalue weighted by Crippen LogP contribution is -2.52. The van der Waals surface area contributed by atoms with Gasteiger partial charge in [-0.1, -0.05) is 17.7 Å². The second-order valence-electron chi connectivity index (χ2n) is 5.83.